The molecule has 2 rings (SSSR count). The molecule has 1 nitrogen and oxygen atoms in total. The number of phenolic OH excluding ortho intramolecular Hbond substituents is 1. The molecule has 0 amide bonds. The zero-order chi connectivity index (χ0) is 12.3. The number of hydrogen-bond donors (Lipinski definition) is 1. The summed E-state index contributed by atoms with van der Waals surface area (Å²) in [5.74, 6) is 0.996. The summed E-state index contributed by atoms with van der Waals surface area (Å²) in [5, 5.41) is 9.45. The highest BCUT2D eigenvalue weighted by Gasteiger charge is 2.00. The highest BCUT2D eigenvalue weighted by atomic mass is 16.3. The second kappa shape index (κ2) is 5.05. The number of phenols is 1. The molecule has 0 aromatic heterocycles. The van der Waals surface area contributed by atoms with Gasteiger partial charge in [-0.2, -0.15) is 0 Å². The molecule has 0 saturated carbocycles. The lowest BCUT2D eigenvalue weighted by Gasteiger charge is -2.07. The van der Waals surface area contributed by atoms with Crippen molar-refractivity contribution in [2.45, 2.75) is 20.3 Å². The van der Waals surface area contributed by atoms with Gasteiger partial charge in [-0.1, -0.05) is 50.2 Å². The fourth-order valence-electron chi connectivity index (χ4n) is 1.99. The molecule has 0 saturated heterocycles. The highest BCUT2D eigenvalue weighted by Crippen LogP contribution is 2.23. The Kier molecular flexibility index (Phi) is 3.48. The first-order chi connectivity index (χ1) is 8.15. The minimum Gasteiger partial charge on any atom is -0.508 e. The molecule has 0 aliphatic rings. The molecule has 0 aliphatic heterocycles. The van der Waals surface area contributed by atoms with E-state index in [-0.39, 0.29) is 0 Å². The lowest BCUT2D eigenvalue weighted by molar-refractivity contribution is 0.475. The molecule has 0 bridgehead atoms. The number of benzene rings is 2. The maximum atomic E-state index is 9.45. The number of rotatable bonds is 3. The lowest BCUT2D eigenvalue weighted by Crippen LogP contribution is -1.93. The van der Waals surface area contributed by atoms with Crippen LogP contribution in [0.2, 0.25) is 0 Å². The van der Waals surface area contributed by atoms with E-state index in [0.29, 0.717) is 11.7 Å². The van der Waals surface area contributed by atoms with Crippen molar-refractivity contribution < 1.29 is 5.11 Å². The zero-order valence-electron chi connectivity index (χ0n) is 10.4. The van der Waals surface area contributed by atoms with Crippen LogP contribution in [0.1, 0.15) is 19.4 Å². The van der Waals surface area contributed by atoms with E-state index in [2.05, 4.69) is 38.1 Å². The van der Waals surface area contributed by atoms with Gasteiger partial charge in [0.2, 0.25) is 0 Å². The van der Waals surface area contributed by atoms with Crippen molar-refractivity contribution in [3.8, 4) is 16.9 Å². The minimum absolute atomic E-state index is 0.314. The van der Waals surface area contributed by atoms with E-state index in [9.17, 15) is 5.11 Å². The third kappa shape index (κ3) is 3.10. The first-order valence-electron chi connectivity index (χ1n) is 6.03. The largest absolute Gasteiger partial charge is 0.508 e. The fraction of sp³-hybridized carbons (Fsp3) is 0.250. The molecule has 2 aromatic rings. The molecule has 0 unspecified atom stereocenters. The van der Waals surface area contributed by atoms with Gasteiger partial charge in [0.25, 0.3) is 0 Å². The van der Waals surface area contributed by atoms with Crippen LogP contribution in [0.3, 0.4) is 0 Å². The van der Waals surface area contributed by atoms with Crippen LogP contribution in [0, 0.1) is 5.92 Å². The predicted molar refractivity (Wildman–Crippen MR) is 72.1 cm³/mol. The Morgan fingerprint density at radius 1 is 0.941 bits per heavy atom. The van der Waals surface area contributed by atoms with Crippen molar-refractivity contribution in [3.63, 3.8) is 0 Å². The van der Waals surface area contributed by atoms with Gasteiger partial charge >= 0.3 is 0 Å². The fourth-order valence-corrected chi connectivity index (χ4v) is 1.99. The summed E-state index contributed by atoms with van der Waals surface area (Å²) in [6.45, 7) is 4.45. The summed E-state index contributed by atoms with van der Waals surface area (Å²) in [5.41, 5.74) is 3.57. The van der Waals surface area contributed by atoms with Crippen LogP contribution < -0.4 is 0 Å². The van der Waals surface area contributed by atoms with Crippen molar-refractivity contribution in [1.82, 2.24) is 0 Å². The molecule has 0 fully saturated rings. The number of hydrogen-bond acceptors (Lipinski definition) is 1. The van der Waals surface area contributed by atoms with E-state index in [1.807, 2.05) is 12.1 Å². The second-order valence-corrected chi connectivity index (χ2v) is 4.85. The summed E-state index contributed by atoms with van der Waals surface area (Å²) >= 11 is 0. The van der Waals surface area contributed by atoms with E-state index in [0.717, 1.165) is 17.5 Å². The topological polar surface area (TPSA) is 20.2 Å². The van der Waals surface area contributed by atoms with Gasteiger partial charge in [-0.25, -0.2) is 0 Å². The van der Waals surface area contributed by atoms with Gasteiger partial charge in [0.15, 0.2) is 0 Å². The van der Waals surface area contributed by atoms with E-state index >= 15 is 0 Å². The molecule has 0 radical (unpaired) electrons. The summed E-state index contributed by atoms with van der Waals surface area (Å²) in [6, 6.07) is 15.9. The lowest BCUT2D eigenvalue weighted by atomic mass is 9.99. The van der Waals surface area contributed by atoms with Gasteiger partial charge < -0.3 is 5.11 Å². The van der Waals surface area contributed by atoms with E-state index in [4.69, 9.17) is 0 Å². The summed E-state index contributed by atoms with van der Waals surface area (Å²) in [7, 11) is 0. The third-order valence-corrected chi connectivity index (χ3v) is 2.78. The van der Waals surface area contributed by atoms with Crippen molar-refractivity contribution in [2.24, 2.45) is 5.92 Å². The molecule has 2 aromatic carbocycles. The molecule has 0 heterocycles. The highest BCUT2D eigenvalue weighted by molar-refractivity contribution is 5.65. The summed E-state index contributed by atoms with van der Waals surface area (Å²) in [6.07, 6.45) is 1.11. The first kappa shape index (κ1) is 11.7. The van der Waals surface area contributed by atoms with E-state index < -0.39 is 0 Å². The maximum Gasteiger partial charge on any atom is 0.116 e. The Labute approximate surface area is 103 Å². The van der Waals surface area contributed by atoms with Gasteiger partial charge in [-0.05, 0) is 41.2 Å². The SMILES string of the molecule is CC(C)Cc1ccc(-c2cccc(O)c2)cc1. The normalized spacial score (nSPS) is 10.8. The molecule has 0 aliphatic carbocycles. The molecule has 1 heteroatoms. The first-order valence-corrected chi connectivity index (χ1v) is 6.03. The molecule has 1 N–H and O–H groups in total. The van der Waals surface area contributed by atoms with Crippen molar-refractivity contribution in [1.29, 1.82) is 0 Å². The molecule has 0 spiro atoms. The Hall–Kier alpha value is -1.76. The minimum atomic E-state index is 0.314. The van der Waals surface area contributed by atoms with Crippen LogP contribution in [-0.2, 0) is 6.42 Å². The van der Waals surface area contributed by atoms with Gasteiger partial charge in [-0.15, -0.1) is 0 Å². The average Bonchev–Trinajstić information content (AvgIpc) is 2.29. The standard InChI is InChI=1S/C16H18O/c1-12(2)10-13-6-8-14(9-7-13)15-4-3-5-16(17)11-15/h3-9,11-12,17H,10H2,1-2H3. The van der Waals surface area contributed by atoms with Crippen LogP contribution in [-0.4, -0.2) is 5.11 Å². The van der Waals surface area contributed by atoms with Crippen LogP contribution in [0.5, 0.6) is 5.75 Å². The smallest absolute Gasteiger partial charge is 0.116 e. The van der Waals surface area contributed by atoms with Crippen LogP contribution in [0.4, 0.5) is 0 Å². The van der Waals surface area contributed by atoms with Gasteiger partial charge in [0, 0.05) is 0 Å². The second-order valence-electron chi connectivity index (χ2n) is 4.85. The Balaban J connectivity index is 2.23. The summed E-state index contributed by atoms with van der Waals surface area (Å²) in [4.78, 5) is 0. The van der Waals surface area contributed by atoms with Crippen LogP contribution in [0.25, 0.3) is 11.1 Å². The van der Waals surface area contributed by atoms with Gasteiger partial charge in [0.05, 0.1) is 0 Å². The monoisotopic (exact) mass is 226 g/mol. The molecule has 0 atom stereocenters. The Morgan fingerprint density at radius 2 is 1.65 bits per heavy atom. The zero-order valence-corrected chi connectivity index (χ0v) is 10.4. The van der Waals surface area contributed by atoms with Crippen LogP contribution >= 0.6 is 0 Å². The summed E-state index contributed by atoms with van der Waals surface area (Å²) < 4.78 is 0. The molecular formula is C16H18O. The molecular weight excluding hydrogens is 208 g/mol. The van der Waals surface area contributed by atoms with E-state index in [1.54, 1.807) is 12.1 Å². The predicted octanol–water partition coefficient (Wildman–Crippen LogP) is 4.26. The third-order valence-electron chi connectivity index (χ3n) is 2.78. The van der Waals surface area contributed by atoms with Gasteiger partial charge in [0.1, 0.15) is 5.75 Å². The molecule has 17 heavy (non-hydrogen) atoms. The maximum absolute atomic E-state index is 9.45. The van der Waals surface area contributed by atoms with Crippen LogP contribution in [0.15, 0.2) is 48.5 Å². The average molecular weight is 226 g/mol. The van der Waals surface area contributed by atoms with E-state index in [1.165, 1.54) is 5.56 Å². The Bertz CT molecular complexity index is 483. The van der Waals surface area contributed by atoms with Crippen molar-refractivity contribution in [3.05, 3.63) is 54.1 Å². The number of aromatic hydroxyl groups is 1. The van der Waals surface area contributed by atoms with Gasteiger partial charge in [-0.3, -0.25) is 0 Å². The van der Waals surface area contributed by atoms with Crippen molar-refractivity contribution >= 4 is 0 Å². The Morgan fingerprint density at radius 3 is 2.24 bits per heavy atom. The van der Waals surface area contributed by atoms with Crippen molar-refractivity contribution in [2.75, 3.05) is 0 Å². The molecule has 88 valence electrons. The quantitative estimate of drug-likeness (QED) is 0.829.